The Kier molecular flexibility index (Phi) is 6.27. The topological polar surface area (TPSA) is 88.1 Å². The molecule has 0 heterocycles. The number of nitrogens with one attached hydrogen (secondary N) is 1. The molecular weight excluding hydrogens is 357 g/mol. The highest BCUT2D eigenvalue weighted by Crippen LogP contribution is 2.33. The molecule has 3 rings (SSSR count). The van der Waals surface area contributed by atoms with Crippen molar-refractivity contribution in [2.45, 2.75) is 51.8 Å². The fourth-order valence-electron chi connectivity index (χ4n) is 3.52. The van der Waals surface area contributed by atoms with E-state index in [9.17, 15) is 14.4 Å². The standard InChI is InChI=1S/C22H24FN3O2/c1-14(22(25)27)26-12-16-7-9-21(20-5-3-2-4-19(16)20)28-13-17-10-18(23)8-6-15(17)11-24/h6-10,14,26H,2-5,12-13H2,1H3,(H2,25,27)/t14-/m0/s1. The Morgan fingerprint density at radius 2 is 2.00 bits per heavy atom. The lowest BCUT2D eigenvalue weighted by atomic mass is 9.87. The molecule has 2 aromatic rings. The number of rotatable bonds is 7. The molecule has 0 bridgehead atoms. The summed E-state index contributed by atoms with van der Waals surface area (Å²) in [7, 11) is 0. The van der Waals surface area contributed by atoms with Gasteiger partial charge in [-0.1, -0.05) is 6.07 Å². The highest BCUT2D eigenvalue weighted by molar-refractivity contribution is 5.79. The average Bonchev–Trinajstić information content (AvgIpc) is 2.70. The summed E-state index contributed by atoms with van der Waals surface area (Å²) in [5, 5.41) is 12.4. The average molecular weight is 381 g/mol. The minimum atomic E-state index is -0.396. The molecular formula is C22H24FN3O2. The first-order chi connectivity index (χ1) is 13.5. The van der Waals surface area contributed by atoms with Crippen LogP contribution in [-0.4, -0.2) is 11.9 Å². The fraction of sp³-hybridized carbons (Fsp3) is 0.364. The molecule has 28 heavy (non-hydrogen) atoms. The summed E-state index contributed by atoms with van der Waals surface area (Å²) in [6.07, 6.45) is 4.06. The zero-order valence-corrected chi connectivity index (χ0v) is 15.9. The van der Waals surface area contributed by atoms with Crippen LogP contribution in [-0.2, 0) is 30.8 Å². The van der Waals surface area contributed by atoms with Crippen LogP contribution >= 0.6 is 0 Å². The quantitative estimate of drug-likeness (QED) is 0.771. The van der Waals surface area contributed by atoms with Gasteiger partial charge >= 0.3 is 0 Å². The third-order valence-corrected chi connectivity index (χ3v) is 5.19. The molecule has 1 aliphatic rings. The van der Waals surface area contributed by atoms with Gasteiger partial charge in [-0.3, -0.25) is 4.79 Å². The van der Waals surface area contributed by atoms with Crippen LogP contribution in [0, 0.1) is 17.1 Å². The van der Waals surface area contributed by atoms with Gasteiger partial charge in [0, 0.05) is 12.1 Å². The summed E-state index contributed by atoms with van der Waals surface area (Å²) in [6.45, 7) is 2.45. The second-order valence-electron chi connectivity index (χ2n) is 7.09. The van der Waals surface area contributed by atoms with Crippen molar-refractivity contribution in [1.82, 2.24) is 5.32 Å². The van der Waals surface area contributed by atoms with Gasteiger partial charge in [0.05, 0.1) is 17.7 Å². The predicted molar refractivity (Wildman–Crippen MR) is 104 cm³/mol. The lowest BCUT2D eigenvalue weighted by molar-refractivity contribution is -0.119. The number of nitrogens with two attached hydrogens (primary N) is 1. The van der Waals surface area contributed by atoms with E-state index >= 15 is 0 Å². The second kappa shape index (κ2) is 8.85. The number of amides is 1. The number of hydrogen-bond acceptors (Lipinski definition) is 4. The second-order valence-corrected chi connectivity index (χ2v) is 7.09. The lowest BCUT2D eigenvalue weighted by Gasteiger charge is -2.23. The molecule has 3 N–H and O–H groups in total. The Balaban J connectivity index is 1.80. The zero-order chi connectivity index (χ0) is 20.1. The molecule has 0 aromatic heterocycles. The molecule has 1 amide bonds. The summed E-state index contributed by atoms with van der Waals surface area (Å²) in [5.74, 6) is 0.0105. The predicted octanol–water partition coefficient (Wildman–Crippen LogP) is 3.12. The first kappa shape index (κ1) is 19.8. The van der Waals surface area contributed by atoms with Crippen LogP contribution < -0.4 is 15.8 Å². The maximum atomic E-state index is 13.5. The summed E-state index contributed by atoms with van der Waals surface area (Å²) in [5.41, 5.74) is 9.81. The van der Waals surface area contributed by atoms with E-state index in [0.717, 1.165) is 42.6 Å². The van der Waals surface area contributed by atoms with Gasteiger partial charge in [0.2, 0.25) is 5.91 Å². The largest absolute Gasteiger partial charge is 0.489 e. The van der Waals surface area contributed by atoms with Crippen LogP contribution in [0.3, 0.4) is 0 Å². The summed E-state index contributed by atoms with van der Waals surface area (Å²) in [4.78, 5) is 11.2. The molecule has 6 heteroatoms. The molecule has 5 nitrogen and oxygen atoms in total. The van der Waals surface area contributed by atoms with E-state index in [2.05, 4.69) is 11.4 Å². The van der Waals surface area contributed by atoms with E-state index in [4.69, 9.17) is 10.5 Å². The van der Waals surface area contributed by atoms with E-state index in [1.54, 1.807) is 6.92 Å². The number of fused-ring (bicyclic) bond motifs is 1. The molecule has 0 spiro atoms. The van der Waals surface area contributed by atoms with Gasteiger partial charge in [-0.25, -0.2) is 4.39 Å². The minimum absolute atomic E-state index is 0.142. The van der Waals surface area contributed by atoms with E-state index < -0.39 is 6.04 Å². The van der Waals surface area contributed by atoms with Gasteiger partial charge in [0.1, 0.15) is 18.2 Å². The van der Waals surface area contributed by atoms with Crippen molar-refractivity contribution >= 4 is 5.91 Å². The first-order valence-corrected chi connectivity index (χ1v) is 9.47. The maximum Gasteiger partial charge on any atom is 0.234 e. The van der Waals surface area contributed by atoms with Crippen LogP contribution in [0.1, 0.15) is 47.6 Å². The lowest BCUT2D eigenvalue weighted by Crippen LogP contribution is -2.38. The molecule has 0 saturated heterocycles. The summed E-state index contributed by atoms with van der Waals surface area (Å²) in [6, 6.07) is 9.68. The van der Waals surface area contributed by atoms with Gasteiger partial charge in [-0.15, -0.1) is 0 Å². The van der Waals surface area contributed by atoms with Crippen molar-refractivity contribution in [2.75, 3.05) is 0 Å². The van der Waals surface area contributed by atoms with E-state index in [1.807, 2.05) is 12.1 Å². The number of ether oxygens (including phenoxy) is 1. The van der Waals surface area contributed by atoms with Crippen molar-refractivity contribution in [1.29, 1.82) is 5.26 Å². The van der Waals surface area contributed by atoms with Crippen LogP contribution in [0.15, 0.2) is 30.3 Å². The third kappa shape index (κ3) is 4.49. The SMILES string of the molecule is C[C@H](NCc1ccc(OCc2cc(F)ccc2C#N)c2c1CCCC2)C(N)=O. The normalized spacial score (nSPS) is 14.0. The maximum absolute atomic E-state index is 13.5. The van der Waals surface area contributed by atoms with E-state index in [1.165, 1.54) is 23.8 Å². The number of nitrogens with zero attached hydrogens (tertiary/aromatic N) is 1. The summed E-state index contributed by atoms with van der Waals surface area (Å²) >= 11 is 0. The number of benzene rings is 2. The third-order valence-electron chi connectivity index (χ3n) is 5.19. The molecule has 0 fully saturated rings. The Labute approximate surface area is 164 Å². The number of carbonyl (C=O) groups excluding carboxylic acids is 1. The minimum Gasteiger partial charge on any atom is -0.489 e. The van der Waals surface area contributed by atoms with Crippen LogP contribution in [0.2, 0.25) is 0 Å². The zero-order valence-electron chi connectivity index (χ0n) is 15.9. The van der Waals surface area contributed by atoms with Crippen molar-refractivity contribution in [2.24, 2.45) is 5.73 Å². The number of halogens is 1. The van der Waals surface area contributed by atoms with Gasteiger partial charge in [0.15, 0.2) is 0 Å². The molecule has 2 aromatic carbocycles. The smallest absolute Gasteiger partial charge is 0.234 e. The Morgan fingerprint density at radius 3 is 2.71 bits per heavy atom. The molecule has 1 aliphatic carbocycles. The van der Waals surface area contributed by atoms with Crippen molar-refractivity contribution < 1.29 is 13.9 Å². The molecule has 1 atom stereocenters. The van der Waals surface area contributed by atoms with E-state index in [0.29, 0.717) is 17.7 Å². The number of hydrogen-bond donors (Lipinski definition) is 2. The van der Waals surface area contributed by atoms with Gasteiger partial charge in [-0.2, -0.15) is 5.26 Å². The first-order valence-electron chi connectivity index (χ1n) is 9.47. The molecule has 0 unspecified atom stereocenters. The number of nitriles is 1. The van der Waals surface area contributed by atoms with E-state index in [-0.39, 0.29) is 18.3 Å². The Hall–Kier alpha value is -2.91. The van der Waals surface area contributed by atoms with Gasteiger partial charge < -0.3 is 15.8 Å². The Bertz CT molecular complexity index is 921. The number of primary amides is 1. The van der Waals surface area contributed by atoms with Crippen molar-refractivity contribution in [3.8, 4) is 11.8 Å². The molecule has 0 saturated carbocycles. The number of carbonyl (C=O) groups is 1. The highest BCUT2D eigenvalue weighted by Gasteiger charge is 2.19. The Morgan fingerprint density at radius 1 is 1.25 bits per heavy atom. The van der Waals surface area contributed by atoms with Crippen molar-refractivity contribution in [3.63, 3.8) is 0 Å². The highest BCUT2D eigenvalue weighted by atomic mass is 19.1. The van der Waals surface area contributed by atoms with Gasteiger partial charge in [0.25, 0.3) is 0 Å². The molecule has 0 radical (unpaired) electrons. The molecule has 146 valence electrons. The van der Waals surface area contributed by atoms with Crippen molar-refractivity contribution in [3.05, 3.63) is 64.0 Å². The van der Waals surface area contributed by atoms with Gasteiger partial charge in [-0.05, 0) is 73.6 Å². The van der Waals surface area contributed by atoms with Crippen LogP contribution in [0.5, 0.6) is 5.75 Å². The fourth-order valence-corrected chi connectivity index (χ4v) is 3.52. The van der Waals surface area contributed by atoms with Crippen LogP contribution in [0.25, 0.3) is 0 Å². The molecule has 0 aliphatic heterocycles. The monoisotopic (exact) mass is 381 g/mol. The summed E-state index contributed by atoms with van der Waals surface area (Å²) < 4.78 is 19.5. The van der Waals surface area contributed by atoms with Crippen LogP contribution in [0.4, 0.5) is 4.39 Å².